The Hall–Kier alpha value is -4.00. The second-order valence-corrected chi connectivity index (χ2v) is 5.76. The number of nitrogen functional groups attached to an aromatic ring is 1. The van der Waals surface area contributed by atoms with Crippen LogP contribution in [0.2, 0.25) is 0 Å². The number of nitrogens with one attached hydrogen (secondary N) is 1. The summed E-state index contributed by atoms with van der Waals surface area (Å²) >= 11 is 0. The zero-order valence-corrected chi connectivity index (χ0v) is 14.5. The molecule has 4 aromatic rings. The number of hydrogen-bond acceptors (Lipinski definition) is 5. The first-order valence-electron chi connectivity index (χ1n) is 8.28. The van der Waals surface area contributed by atoms with Gasteiger partial charge in [-0.15, -0.1) is 0 Å². The van der Waals surface area contributed by atoms with Crippen LogP contribution in [0.15, 0.2) is 74.2 Å². The maximum atomic E-state index is 6.10. The van der Waals surface area contributed by atoms with E-state index in [1.807, 2.05) is 34.9 Å². The maximum Gasteiger partial charge on any atom is 0.165 e. The standard InChI is InChI=1S/C20H17N7/c1-3-6-14(4-2)27-19(15-7-5-10-22-18(15)21)26-17-9-8-16(25-20(17)27)13-11-23-24-12-13/h3-12H,1-2H2,(H2,21,22)(H,23,24)/b14-6+. The van der Waals surface area contributed by atoms with Crippen molar-refractivity contribution in [3.8, 4) is 22.6 Å². The molecule has 0 unspecified atom stereocenters. The van der Waals surface area contributed by atoms with Gasteiger partial charge in [-0.05, 0) is 36.4 Å². The van der Waals surface area contributed by atoms with Crippen molar-refractivity contribution in [2.75, 3.05) is 5.73 Å². The van der Waals surface area contributed by atoms with Crippen molar-refractivity contribution in [1.82, 2.24) is 29.7 Å². The van der Waals surface area contributed by atoms with Gasteiger partial charge in [0.2, 0.25) is 0 Å². The Labute approximate surface area is 155 Å². The van der Waals surface area contributed by atoms with E-state index in [-0.39, 0.29) is 0 Å². The van der Waals surface area contributed by atoms with Gasteiger partial charge in [0.1, 0.15) is 11.3 Å². The Morgan fingerprint density at radius 3 is 2.78 bits per heavy atom. The molecular weight excluding hydrogens is 338 g/mol. The van der Waals surface area contributed by atoms with E-state index in [4.69, 9.17) is 15.7 Å². The zero-order valence-electron chi connectivity index (χ0n) is 14.5. The second-order valence-electron chi connectivity index (χ2n) is 5.76. The van der Waals surface area contributed by atoms with E-state index in [2.05, 4.69) is 28.3 Å². The molecule has 27 heavy (non-hydrogen) atoms. The molecule has 0 aliphatic carbocycles. The normalized spacial score (nSPS) is 11.6. The molecule has 7 nitrogen and oxygen atoms in total. The summed E-state index contributed by atoms with van der Waals surface area (Å²) in [6.45, 7) is 7.71. The molecule has 4 heterocycles. The molecule has 4 rings (SSSR count). The van der Waals surface area contributed by atoms with Gasteiger partial charge in [-0.25, -0.2) is 15.0 Å². The smallest absolute Gasteiger partial charge is 0.165 e. The molecular formula is C20H17N7. The highest BCUT2D eigenvalue weighted by atomic mass is 15.1. The lowest BCUT2D eigenvalue weighted by Crippen LogP contribution is -2.02. The van der Waals surface area contributed by atoms with E-state index < -0.39 is 0 Å². The highest BCUT2D eigenvalue weighted by molar-refractivity contribution is 5.87. The molecule has 0 aromatic carbocycles. The third kappa shape index (κ3) is 2.81. The topological polar surface area (TPSA) is 98.3 Å². The van der Waals surface area contributed by atoms with Crippen LogP contribution in [0.3, 0.4) is 0 Å². The van der Waals surface area contributed by atoms with E-state index in [0.717, 1.165) is 28.0 Å². The van der Waals surface area contributed by atoms with E-state index in [1.165, 1.54) is 0 Å². The van der Waals surface area contributed by atoms with Gasteiger partial charge in [-0.2, -0.15) is 5.10 Å². The predicted molar refractivity (Wildman–Crippen MR) is 107 cm³/mol. The Bertz CT molecular complexity index is 1170. The molecule has 0 radical (unpaired) electrons. The molecule has 132 valence electrons. The largest absolute Gasteiger partial charge is 0.383 e. The summed E-state index contributed by atoms with van der Waals surface area (Å²) in [5, 5.41) is 6.80. The number of nitrogens with two attached hydrogens (primary N) is 1. The zero-order chi connectivity index (χ0) is 18.8. The summed E-state index contributed by atoms with van der Waals surface area (Å²) in [5.74, 6) is 1.03. The molecule has 0 amide bonds. The van der Waals surface area contributed by atoms with E-state index >= 15 is 0 Å². The van der Waals surface area contributed by atoms with E-state index in [0.29, 0.717) is 17.3 Å². The highest BCUT2D eigenvalue weighted by Crippen LogP contribution is 2.31. The fourth-order valence-electron chi connectivity index (χ4n) is 2.90. The SMILES string of the molecule is C=C/C=C(\C=C)n1c(-c2cccnc2N)nc2ccc(-c3cn[nH]c3)nc21. The van der Waals surface area contributed by atoms with Crippen molar-refractivity contribution in [2.24, 2.45) is 0 Å². The van der Waals surface area contributed by atoms with Crippen LogP contribution in [-0.4, -0.2) is 29.7 Å². The van der Waals surface area contributed by atoms with Gasteiger partial charge < -0.3 is 5.73 Å². The molecule has 0 bridgehead atoms. The Morgan fingerprint density at radius 1 is 1.19 bits per heavy atom. The fourth-order valence-corrected chi connectivity index (χ4v) is 2.90. The molecule has 0 saturated heterocycles. The molecule has 3 N–H and O–H groups in total. The van der Waals surface area contributed by atoms with Crippen molar-refractivity contribution in [3.63, 3.8) is 0 Å². The van der Waals surface area contributed by atoms with Crippen molar-refractivity contribution in [1.29, 1.82) is 0 Å². The molecule has 0 saturated carbocycles. The van der Waals surface area contributed by atoms with Crippen LogP contribution >= 0.6 is 0 Å². The predicted octanol–water partition coefficient (Wildman–Crippen LogP) is 3.68. The van der Waals surface area contributed by atoms with Crippen molar-refractivity contribution in [2.45, 2.75) is 0 Å². The Morgan fingerprint density at radius 2 is 2.07 bits per heavy atom. The lowest BCUT2D eigenvalue weighted by atomic mass is 10.2. The fraction of sp³-hybridized carbons (Fsp3) is 0. The maximum absolute atomic E-state index is 6.10. The van der Waals surface area contributed by atoms with Gasteiger partial charge in [-0.1, -0.05) is 19.2 Å². The van der Waals surface area contributed by atoms with Gasteiger partial charge in [-0.3, -0.25) is 9.67 Å². The number of imidazole rings is 1. The van der Waals surface area contributed by atoms with Gasteiger partial charge in [0, 0.05) is 23.7 Å². The minimum absolute atomic E-state index is 0.395. The molecule has 0 atom stereocenters. The lowest BCUT2D eigenvalue weighted by Gasteiger charge is -2.10. The second kappa shape index (κ2) is 6.72. The quantitative estimate of drug-likeness (QED) is 0.532. The minimum atomic E-state index is 0.395. The number of anilines is 1. The van der Waals surface area contributed by atoms with Gasteiger partial charge in [0.25, 0.3) is 0 Å². The first-order chi connectivity index (χ1) is 13.2. The number of nitrogens with zero attached hydrogens (tertiary/aromatic N) is 5. The summed E-state index contributed by atoms with van der Waals surface area (Å²) in [7, 11) is 0. The summed E-state index contributed by atoms with van der Waals surface area (Å²) < 4.78 is 1.90. The lowest BCUT2D eigenvalue weighted by molar-refractivity contribution is 1.09. The number of hydrogen-bond donors (Lipinski definition) is 2. The summed E-state index contributed by atoms with van der Waals surface area (Å²) in [6.07, 6.45) is 10.4. The van der Waals surface area contributed by atoms with Gasteiger partial charge in [0.05, 0.1) is 17.5 Å². The van der Waals surface area contributed by atoms with Crippen LogP contribution in [0.4, 0.5) is 5.82 Å². The first-order valence-corrected chi connectivity index (χ1v) is 8.28. The first kappa shape index (κ1) is 16.5. The van der Waals surface area contributed by atoms with Crippen LogP contribution in [0.5, 0.6) is 0 Å². The van der Waals surface area contributed by atoms with Gasteiger partial charge in [0.15, 0.2) is 11.5 Å². The molecule has 4 aromatic heterocycles. The number of fused-ring (bicyclic) bond motifs is 1. The third-order valence-corrected chi connectivity index (χ3v) is 4.13. The average molecular weight is 355 g/mol. The molecule has 0 spiro atoms. The van der Waals surface area contributed by atoms with Crippen LogP contribution in [0.25, 0.3) is 39.5 Å². The van der Waals surface area contributed by atoms with Crippen LogP contribution in [0, 0.1) is 0 Å². The summed E-state index contributed by atoms with van der Waals surface area (Å²) in [6, 6.07) is 7.54. The number of aromatic nitrogens is 6. The monoisotopic (exact) mass is 355 g/mol. The summed E-state index contributed by atoms with van der Waals surface area (Å²) in [4.78, 5) is 13.7. The number of H-pyrrole nitrogens is 1. The van der Waals surface area contributed by atoms with Gasteiger partial charge >= 0.3 is 0 Å². The van der Waals surface area contributed by atoms with Crippen LogP contribution < -0.4 is 5.73 Å². The van der Waals surface area contributed by atoms with E-state index in [9.17, 15) is 0 Å². The number of allylic oxidation sites excluding steroid dienone is 4. The third-order valence-electron chi connectivity index (χ3n) is 4.13. The molecule has 0 fully saturated rings. The van der Waals surface area contributed by atoms with Crippen molar-refractivity contribution < 1.29 is 0 Å². The summed E-state index contributed by atoms with van der Waals surface area (Å²) in [5.41, 5.74) is 10.7. The molecule has 0 aliphatic rings. The molecule has 7 heteroatoms. The Kier molecular flexibility index (Phi) is 4.10. The average Bonchev–Trinajstić information content (AvgIpc) is 3.34. The van der Waals surface area contributed by atoms with Crippen LogP contribution in [-0.2, 0) is 0 Å². The van der Waals surface area contributed by atoms with E-state index in [1.54, 1.807) is 30.7 Å². The Balaban J connectivity index is 2.06. The highest BCUT2D eigenvalue weighted by Gasteiger charge is 2.18. The van der Waals surface area contributed by atoms with Crippen molar-refractivity contribution >= 4 is 22.7 Å². The number of aromatic amines is 1. The minimum Gasteiger partial charge on any atom is -0.383 e. The van der Waals surface area contributed by atoms with Crippen LogP contribution in [0.1, 0.15) is 0 Å². The molecule has 0 aliphatic heterocycles. The number of rotatable bonds is 5. The number of pyridine rings is 2. The van der Waals surface area contributed by atoms with Crippen molar-refractivity contribution in [3.05, 3.63) is 74.2 Å².